The highest BCUT2D eigenvalue weighted by Gasteiger charge is 2.43. The van der Waals surface area contributed by atoms with Gasteiger partial charge in [0.25, 0.3) is 0 Å². The monoisotopic (exact) mass is 486 g/mol. The maximum absolute atomic E-state index is 13.3. The van der Waals surface area contributed by atoms with Gasteiger partial charge in [0.15, 0.2) is 0 Å². The van der Waals surface area contributed by atoms with Crippen LogP contribution in [0.2, 0.25) is 5.02 Å². The lowest BCUT2D eigenvalue weighted by atomic mass is 9.78. The van der Waals surface area contributed by atoms with Crippen LogP contribution in [0.4, 0.5) is 10.5 Å². The number of halogens is 1. The minimum Gasteiger partial charge on any atom is -0.448 e. The van der Waals surface area contributed by atoms with E-state index in [1.54, 1.807) is 17.0 Å². The number of likely N-dealkylation sites (tertiary alicyclic amines) is 1. The lowest BCUT2D eigenvalue weighted by Crippen LogP contribution is -2.53. The van der Waals surface area contributed by atoms with E-state index in [0.717, 1.165) is 17.5 Å². The molecule has 0 radical (unpaired) electrons. The highest BCUT2D eigenvalue weighted by molar-refractivity contribution is 6.30. The molecule has 0 atom stereocenters. The van der Waals surface area contributed by atoms with E-state index in [-0.39, 0.29) is 25.0 Å². The fourth-order valence-electron chi connectivity index (χ4n) is 3.95. The number of nitrogens with zero attached hydrogens (tertiary/aromatic N) is 1. The van der Waals surface area contributed by atoms with Crippen LogP contribution in [-0.4, -0.2) is 49.0 Å². The van der Waals surface area contributed by atoms with Crippen molar-refractivity contribution in [3.05, 3.63) is 64.7 Å². The molecule has 1 saturated heterocycles. The molecule has 0 aliphatic carbocycles. The predicted octanol–water partition coefficient (Wildman–Crippen LogP) is 3.33. The molecule has 34 heavy (non-hydrogen) atoms. The molecule has 1 fully saturated rings. The summed E-state index contributed by atoms with van der Waals surface area (Å²) < 4.78 is 5.50. The Kier molecular flexibility index (Phi) is 8.90. The first kappa shape index (κ1) is 25.5. The highest BCUT2D eigenvalue weighted by atomic mass is 35.5. The number of hydrogen-bond acceptors (Lipinski definition) is 5. The molecule has 0 saturated carbocycles. The number of nitrogens with one attached hydrogen (secondary N) is 2. The first-order valence-electron chi connectivity index (χ1n) is 11.4. The van der Waals surface area contributed by atoms with Crippen molar-refractivity contribution in [1.82, 2.24) is 10.2 Å². The number of carbonyl (C=O) groups is 3. The van der Waals surface area contributed by atoms with E-state index in [9.17, 15) is 14.4 Å². The van der Waals surface area contributed by atoms with Crippen LogP contribution >= 0.6 is 11.6 Å². The molecule has 8 nitrogen and oxygen atoms in total. The fraction of sp³-hybridized carbons (Fsp3) is 0.400. The Balaban J connectivity index is 1.65. The van der Waals surface area contributed by atoms with Gasteiger partial charge in [-0.25, -0.2) is 4.79 Å². The van der Waals surface area contributed by atoms with Gasteiger partial charge < -0.3 is 20.7 Å². The number of anilines is 1. The Morgan fingerprint density at radius 3 is 2.41 bits per heavy atom. The third-order valence-electron chi connectivity index (χ3n) is 6.16. The van der Waals surface area contributed by atoms with Gasteiger partial charge in [-0.05, 0) is 54.7 Å². The SMILES string of the molecule is CCc1ccc(NC(=O)OCC2(C(=O)NCc3cccc(Cl)c3)CCN(C(=O)CN)CC2)cc1. The molecule has 1 aliphatic heterocycles. The molecule has 2 aromatic rings. The molecule has 1 aliphatic rings. The summed E-state index contributed by atoms with van der Waals surface area (Å²) in [5.74, 6) is -0.394. The van der Waals surface area contributed by atoms with Gasteiger partial charge in [-0.2, -0.15) is 0 Å². The number of benzene rings is 2. The van der Waals surface area contributed by atoms with E-state index in [2.05, 4.69) is 17.6 Å². The Bertz CT molecular complexity index is 1000. The maximum atomic E-state index is 13.3. The van der Waals surface area contributed by atoms with Crippen LogP contribution < -0.4 is 16.4 Å². The van der Waals surface area contributed by atoms with Crippen LogP contribution in [-0.2, 0) is 27.3 Å². The number of rotatable bonds is 8. The second kappa shape index (κ2) is 11.9. The average molecular weight is 487 g/mol. The standard InChI is InChI=1S/C25H31ClN4O4/c1-2-18-6-8-21(9-7-18)29-24(33)34-17-25(10-12-30(13-11-25)22(31)15-27)23(32)28-16-19-4-3-5-20(26)14-19/h3-9,14H,2,10-13,15-17,27H2,1H3,(H,28,32)(H,29,33). The molecule has 3 amide bonds. The van der Waals surface area contributed by atoms with Gasteiger partial charge in [-0.3, -0.25) is 14.9 Å². The van der Waals surface area contributed by atoms with E-state index in [1.807, 2.05) is 36.4 Å². The Hall–Kier alpha value is -3.10. The van der Waals surface area contributed by atoms with E-state index >= 15 is 0 Å². The van der Waals surface area contributed by atoms with Crippen LogP contribution in [0.3, 0.4) is 0 Å². The topological polar surface area (TPSA) is 114 Å². The number of carbonyl (C=O) groups excluding carboxylic acids is 3. The summed E-state index contributed by atoms with van der Waals surface area (Å²) in [6, 6.07) is 14.7. The third-order valence-corrected chi connectivity index (χ3v) is 6.39. The average Bonchev–Trinajstić information content (AvgIpc) is 2.86. The quantitative estimate of drug-likeness (QED) is 0.529. The fourth-order valence-corrected chi connectivity index (χ4v) is 4.16. The number of aryl methyl sites for hydroxylation is 1. The van der Waals surface area contributed by atoms with E-state index in [0.29, 0.717) is 43.2 Å². The van der Waals surface area contributed by atoms with Gasteiger partial charge in [-0.15, -0.1) is 0 Å². The van der Waals surface area contributed by atoms with Crippen molar-refractivity contribution in [2.75, 3.05) is 31.6 Å². The molecule has 0 bridgehead atoms. The Morgan fingerprint density at radius 1 is 1.09 bits per heavy atom. The predicted molar refractivity (Wildman–Crippen MR) is 131 cm³/mol. The molecule has 0 spiro atoms. The number of hydrogen-bond donors (Lipinski definition) is 3. The van der Waals surface area contributed by atoms with Crippen molar-refractivity contribution >= 4 is 35.2 Å². The number of piperidine rings is 1. The second-order valence-electron chi connectivity index (χ2n) is 8.43. The molecule has 1 heterocycles. The molecular weight excluding hydrogens is 456 g/mol. The zero-order chi connectivity index (χ0) is 24.6. The summed E-state index contributed by atoms with van der Waals surface area (Å²) in [6.07, 6.45) is 0.991. The minimum atomic E-state index is -0.951. The lowest BCUT2D eigenvalue weighted by Gasteiger charge is -2.40. The molecule has 2 aromatic carbocycles. The van der Waals surface area contributed by atoms with Gasteiger partial charge in [0.2, 0.25) is 11.8 Å². The normalized spacial score (nSPS) is 14.9. The molecular formula is C25H31ClN4O4. The Labute approximate surface area is 204 Å². The van der Waals surface area contributed by atoms with Gasteiger partial charge in [-0.1, -0.05) is 42.8 Å². The first-order chi connectivity index (χ1) is 16.3. The van der Waals surface area contributed by atoms with Crippen LogP contribution in [0.5, 0.6) is 0 Å². The largest absolute Gasteiger partial charge is 0.448 e. The van der Waals surface area contributed by atoms with Crippen molar-refractivity contribution in [3.63, 3.8) is 0 Å². The number of ether oxygens (including phenoxy) is 1. The van der Waals surface area contributed by atoms with Crippen LogP contribution in [0.1, 0.15) is 30.9 Å². The van der Waals surface area contributed by atoms with E-state index < -0.39 is 11.5 Å². The zero-order valence-corrected chi connectivity index (χ0v) is 20.1. The van der Waals surface area contributed by atoms with Crippen molar-refractivity contribution < 1.29 is 19.1 Å². The van der Waals surface area contributed by atoms with Crippen molar-refractivity contribution in [3.8, 4) is 0 Å². The lowest BCUT2D eigenvalue weighted by molar-refractivity contribution is -0.142. The van der Waals surface area contributed by atoms with Gasteiger partial charge >= 0.3 is 6.09 Å². The van der Waals surface area contributed by atoms with E-state index in [4.69, 9.17) is 22.1 Å². The summed E-state index contributed by atoms with van der Waals surface area (Å²) in [6.45, 7) is 2.90. The van der Waals surface area contributed by atoms with Crippen molar-refractivity contribution in [2.45, 2.75) is 32.7 Å². The summed E-state index contributed by atoms with van der Waals surface area (Å²) in [7, 11) is 0. The number of nitrogens with two attached hydrogens (primary N) is 1. The summed E-state index contributed by atoms with van der Waals surface area (Å²) in [5.41, 5.74) is 7.17. The van der Waals surface area contributed by atoms with Gasteiger partial charge in [0.05, 0.1) is 12.0 Å². The summed E-state index contributed by atoms with van der Waals surface area (Å²) in [4.78, 5) is 39.4. The maximum Gasteiger partial charge on any atom is 0.411 e. The van der Waals surface area contributed by atoms with Gasteiger partial charge in [0, 0.05) is 30.3 Å². The van der Waals surface area contributed by atoms with Gasteiger partial charge in [0.1, 0.15) is 6.61 Å². The Morgan fingerprint density at radius 2 is 1.79 bits per heavy atom. The van der Waals surface area contributed by atoms with E-state index in [1.165, 1.54) is 0 Å². The van der Waals surface area contributed by atoms with Crippen molar-refractivity contribution in [2.24, 2.45) is 11.1 Å². The summed E-state index contributed by atoms with van der Waals surface area (Å²) in [5, 5.41) is 6.23. The third kappa shape index (κ3) is 6.71. The smallest absolute Gasteiger partial charge is 0.411 e. The molecule has 182 valence electrons. The number of amides is 3. The molecule has 0 aromatic heterocycles. The molecule has 0 unspecified atom stereocenters. The summed E-state index contributed by atoms with van der Waals surface area (Å²) >= 11 is 6.04. The molecule has 9 heteroatoms. The second-order valence-corrected chi connectivity index (χ2v) is 8.87. The highest BCUT2D eigenvalue weighted by Crippen LogP contribution is 2.33. The first-order valence-corrected chi connectivity index (χ1v) is 11.8. The molecule has 3 rings (SSSR count). The molecule has 4 N–H and O–H groups in total. The van der Waals surface area contributed by atoms with Crippen LogP contribution in [0.25, 0.3) is 0 Å². The van der Waals surface area contributed by atoms with Crippen molar-refractivity contribution in [1.29, 1.82) is 0 Å². The minimum absolute atomic E-state index is 0.0797. The van der Waals surface area contributed by atoms with Crippen LogP contribution in [0.15, 0.2) is 48.5 Å². The zero-order valence-electron chi connectivity index (χ0n) is 19.3. The van der Waals surface area contributed by atoms with Crippen LogP contribution in [0, 0.1) is 5.41 Å².